The molecule has 1 aromatic carbocycles. The molecule has 3 atom stereocenters. The van der Waals surface area contributed by atoms with E-state index in [2.05, 4.69) is 14.5 Å². The van der Waals surface area contributed by atoms with E-state index < -0.39 is 6.10 Å². The predicted octanol–water partition coefficient (Wildman–Crippen LogP) is 3.28. The fourth-order valence-corrected chi connectivity index (χ4v) is 4.30. The number of fused-ring (bicyclic) bond motifs is 4. The number of benzene rings is 1. The molecule has 3 heterocycles. The number of hydrogen-bond donors (Lipinski definition) is 1. The van der Waals surface area contributed by atoms with E-state index in [0.29, 0.717) is 0 Å². The van der Waals surface area contributed by atoms with Crippen LogP contribution in [0.5, 0.6) is 0 Å². The van der Waals surface area contributed by atoms with Gasteiger partial charge in [-0.25, -0.2) is 9.37 Å². The van der Waals surface area contributed by atoms with Crippen LogP contribution in [0.2, 0.25) is 0 Å². The molecular weight excluding hydrogens is 305 g/mol. The molecule has 0 saturated heterocycles. The summed E-state index contributed by atoms with van der Waals surface area (Å²) >= 11 is 0. The lowest BCUT2D eigenvalue weighted by atomic mass is 9.76. The molecule has 0 bridgehead atoms. The Balaban J connectivity index is 1.64. The fourth-order valence-electron chi connectivity index (χ4n) is 4.30. The third-order valence-electron chi connectivity index (χ3n) is 5.40. The zero-order chi connectivity index (χ0) is 16.3. The smallest absolute Gasteiger partial charge is 0.123 e. The summed E-state index contributed by atoms with van der Waals surface area (Å²) in [6.07, 6.45) is 8.29. The Morgan fingerprint density at radius 2 is 2.04 bits per heavy atom. The van der Waals surface area contributed by atoms with Gasteiger partial charge in [0, 0.05) is 29.4 Å². The summed E-state index contributed by atoms with van der Waals surface area (Å²) < 4.78 is 15.8. The highest BCUT2D eigenvalue weighted by Gasteiger charge is 2.40. The van der Waals surface area contributed by atoms with Gasteiger partial charge in [-0.3, -0.25) is 4.98 Å². The highest BCUT2D eigenvalue weighted by molar-refractivity contribution is 5.69. The van der Waals surface area contributed by atoms with Crippen LogP contribution in [0.25, 0.3) is 11.3 Å². The summed E-state index contributed by atoms with van der Waals surface area (Å²) in [6.45, 7) is 0. The molecule has 0 saturated carbocycles. The molecule has 1 aliphatic heterocycles. The molecule has 3 aromatic rings. The van der Waals surface area contributed by atoms with Gasteiger partial charge in [0.05, 0.1) is 30.4 Å². The number of halogens is 1. The maximum atomic E-state index is 13.7. The van der Waals surface area contributed by atoms with Crippen molar-refractivity contribution in [2.24, 2.45) is 5.92 Å². The molecule has 5 rings (SSSR count). The van der Waals surface area contributed by atoms with Crippen molar-refractivity contribution < 1.29 is 9.50 Å². The maximum absolute atomic E-state index is 13.7. The molecule has 2 aromatic heterocycles. The van der Waals surface area contributed by atoms with E-state index in [0.717, 1.165) is 40.8 Å². The molecule has 4 nitrogen and oxygen atoms in total. The van der Waals surface area contributed by atoms with E-state index in [-0.39, 0.29) is 17.8 Å². The Labute approximate surface area is 138 Å². The van der Waals surface area contributed by atoms with E-state index in [4.69, 9.17) is 0 Å². The molecule has 0 amide bonds. The first-order valence-electron chi connectivity index (χ1n) is 8.16. The van der Waals surface area contributed by atoms with E-state index in [1.807, 2.05) is 12.1 Å². The normalized spacial score (nSPS) is 24.3. The van der Waals surface area contributed by atoms with E-state index >= 15 is 0 Å². The number of aryl methyl sites for hydroxylation is 1. The van der Waals surface area contributed by atoms with Crippen LogP contribution in [-0.4, -0.2) is 19.6 Å². The molecule has 1 N–H and O–H groups in total. The Bertz CT molecular complexity index is 936. The number of imidazole rings is 1. The van der Waals surface area contributed by atoms with Crippen molar-refractivity contribution in [3.8, 4) is 11.3 Å². The lowest BCUT2D eigenvalue weighted by Gasteiger charge is -2.35. The molecule has 1 aliphatic carbocycles. The van der Waals surface area contributed by atoms with Crippen LogP contribution in [0.15, 0.2) is 49.2 Å². The molecular formula is C19H16FN3O. The third-order valence-corrected chi connectivity index (χ3v) is 5.40. The van der Waals surface area contributed by atoms with Gasteiger partial charge in [0.15, 0.2) is 0 Å². The summed E-state index contributed by atoms with van der Waals surface area (Å²) in [6, 6.07) is 6.86. The van der Waals surface area contributed by atoms with Gasteiger partial charge >= 0.3 is 0 Å². The number of nitrogens with zero attached hydrogens (tertiary/aromatic N) is 3. The van der Waals surface area contributed by atoms with Crippen molar-refractivity contribution in [1.82, 2.24) is 14.5 Å². The zero-order valence-electron chi connectivity index (χ0n) is 12.9. The van der Waals surface area contributed by atoms with Crippen LogP contribution in [0, 0.1) is 11.7 Å². The van der Waals surface area contributed by atoms with Gasteiger partial charge in [0.25, 0.3) is 0 Å². The standard InChI is InChI=1S/C19H16FN3O/c20-12-2-4-13-15(7-12)17-9-22-10-23(17)18(13)14-3-1-11-5-6-21-8-16(11)19(14)24/h2,4-10,14,18-19,24H,1,3H2/t14-,18?,19-/m1/s1. The molecule has 2 aliphatic rings. The van der Waals surface area contributed by atoms with Gasteiger partial charge in [-0.1, -0.05) is 6.07 Å². The second-order valence-corrected chi connectivity index (χ2v) is 6.58. The second kappa shape index (κ2) is 4.98. The van der Waals surface area contributed by atoms with Crippen LogP contribution in [0.1, 0.15) is 35.3 Å². The van der Waals surface area contributed by atoms with Crippen molar-refractivity contribution in [3.05, 3.63) is 71.7 Å². The minimum Gasteiger partial charge on any atom is -0.388 e. The molecule has 0 radical (unpaired) electrons. The quantitative estimate of drug-likeness (QED) is 0.748. The van der Waals surface area contributed by atoms with Gasteiger partial charge in [0.1, 0.15) is 5.82 Å². The minimum absolute atomic E-state index is 0.0151. The number of rotatable bonds is 1. The average Bonchev–Trinajstić information content (AvgIpc) is 3.17. The van der Waals surface area contributed by atoms with Gasteiger partial charge in [-0.15, -0.1) is 0 Å². The number of aromatic nitrogens is 3. The van der Waals surface area contributed by atoms with E-state index in [1.165, 1.54) is 6.07 Å². The molecule has 5 heteroatoms. The first-order valence-corrected chi connectivity index (χ1v) is 8.16. The van der Waals surface area contributed by atoms with Crippen LogP contribution in [0.4, 0.5) is 4.39 Å². The predicted molar refractivity (Wildman–Crippen MR) is 86.8 cm³/mol. The monoisotopic (exact) mass is 321 g/mol. The highest BCUT2D eigenvalue weighted by atomic mass is 19.1. The highest BCUT2D eigenvalue weighted by Crippen LogP contribution is 2.49. The van der Waals surface area contributed by atoms with Crippen molar-refractivity contribution in [2.75, 3.05) is 0 Å². The largest absolute Gasteiger partial charge is 0.388 e. The molecule has 0 spiro atoms. The van der Waals surface area contributed by atoms with Gasteiger partial charge in [0.2, 0.25) is 0 Å². The topological polar surface area (TPSA) is 50.9 Å². The molecule has 1 unspecified atom stereocenters. The zero-order valence-corrected chi connectivity index (χ0v) is 12.9. The Kier molecular flexibility index (Phi) is 2.88. The summed E-state index contributed by atoms with van der Waals surface area (Å²) in [7, 11) is 0. The van der Waals surface area contributed by atoms with Crippen molar-refractivity contribution in [3.63, 3.8) is 0 Å². The Morgan fingerprint density at radius 3 is 2.96 bits per heavy atom. The second-order valence-electron chi connectivity index (χ2n) is 6.58. The third kappa shape index (κ3) is 1.82. The van der Waals surface area contributed by atoms with Crippen LogP contribution < -0.4 is 0 Å². The van der Waals surface area contributed by atoms with Crippen LogP contribution >= 0.6 is 0 Å². The van der Waals surface area contributed by atoms with Crippen molar-refractivity contribution in [2.45, 2.75) is 25.0 Å². The Morgan fingerprint density at radius 1 is 1.12 bits per heavy atom. The lowest BCUT2D eigenvalue weighted by molar-refractivity contribution is 0.0716. The summed E-state index contributed by atoms with van der Waals surface area (Å²) in [5.41, 5.74) is 4.92. The maximum Gasteiger partial charge on any atom is 0.123 e. The number of aliphatic hydroxyl groups is 1. The van der Waals surface area contributed by atoms with Crippen molar-refractivity contribution >= 4 is 0 Å². The number of hydrogen-bond acceptors (Lipinski definition) is 3. The SMILES string of the molecule is O[C@H]1c2cnccc2CC[C@@H]1C1c2ccc(F)cc2-c2cncn21. The summed E-state index contributed by atoms with van der Waals surface area (Å²) in [4.78, 5) is 8.40. The molecule has 120 valence electrons. The Hall–Kier alpha value is -2.53. The van der Waals surface area contributed by atoms with E-state index in [9.17, 15) is 9.50 Å². The summed E-state index contributed by atoms with van der Waals surface area (Å²) in [5.74, 6) is -0.234. The van der Waals surface area contributed by atoms with Gasteiger partial charge in [-0.2, -0.15) is 0 Å². The lowest BCUT2D eigenvalue weighted by Crippen LogP contribution is -2.28. The first-order chi connectivity index (χ1) is 11.7. The number of aliphatic hydroxyl groups excluding tert-OH is 1. The van der Waals surface area contributed by atoms with Crippen LogP contribution in [-0.2, 0) is 6.42 Å². The van der Waals surface area contributed by atoms with Gasteiger partial charge in [-0.05, 0) is 42.2 Å². The van der Waals surface area contributed by atoms with E-state index in [1.54, 1.807) is 31.0 Å². The van der Waals surface area contributed by atoms with Gasteiger partial charge < -0.3 is 9.67 Å². The minimum atomic E-state index is -0.585. The number of pyridine rings is 1. The van der Waals surface area contributed by atoms with Crippen LogP contribution in [0.3, 0.4) is 0 Å². The fraction of sp³-hybridized carbons (Fsp3) is 0.263. The summed E-state index contributed by atoms with van der Waals surface area (Å²) in [5, 5.41) is 11.0. The molecule has 0 fully saturated rings. The van der Waals surface area contributed by atoms with Crippen molar-refractivity contribution in [1.29, 1.82) is 0 Å². The molecule has 24 heavy (non-hydrogen) atoms. The first kappa shape index (κ1) is 13.9. The average molecular weight is 321 g/mol.